The Kier molecular flexibility index (Phi) is 17.8. The second-order valence-electron chi connectivity index (χ2n) is 9.85. The van der Waals surface area contributed by atoms with Gasteiger partial charge in [-0.3, -0.25) is 46.3 Å². The van der Waals surface area contributed by atoms with Crippen molar-refractivity contribution in [1.82, 2.24) is 14.7 Å². The minimum Gasteiger partial charge on any atom is -0.395 e. The minimum absolute atomic E-state index is 0.484. The molecule has 0 aliphatic heterocycles. The average molecular weight is 871 g/mol. The van der Waals surface area contributed by atoms with Crippen LogP contribution in [0.1, 0.15) is 12.8 Å². The van der Waals surface area contributed by atoms with Gasteiger partial charge in [0.25, 0.3) is 0 Å². The summed E-state index contributed by atoms with van der Waals surface area (Å²) in [6.45, 7) is -5.11. The van der Waals surface area contributed by atoms with Crippen LogP contribution >= 0.6 is 60.8 Å². The predicted molar refractivity (Wildman–Crippen MR) is 158 cm³/mol. The number of aliphatic hydroxyl groups excluding tert-OH is 1. The molecule has 0 radical (unpaired) electrons. The molecule has 0 aromatic carbocycles. The zero-order valence-corrected chi connectivity index (χ0v) is 30.9. The van der Waals surface area contributed by atoms with E-state index in [0.717, 1.165) is 4.90 Å². The highest BCUT2D eigenvalue weighted by molar-refractivity contribution is 7.73. The molecule has 0 rings (SSSR count). The molecule has 36 heteroatoms. The maximum Gasteiger partial charge on any atom is 0.355 e. The first kappa shape index (κ1) is 49.0. The molecular formula is C12H37N3O25P8. The molecule has 0 aliphatic carbocycles. The summed E-state index contributed by atoms with van der Waals surface area (Å²) in [4.78, 5) is 153. The predicted octanol–water partition coefficient (Wildman–Crippen LogP) is -3.78. The Labute approximate surface area is 269 Å². The molecular weight excluding hydrogens is 834 g/mol. The van der Waals surface area contributed by atoms with Crippen LogP contribution in [0.15, 0.2) is 0 Å². The minimum atomic E-state index is -6.16. The highest BCUT2D eigenvalue weighted by Crippen LogP contribution is 2.70. The average Bonchev–Trinajstić information content (AvgIpc) is 2.70. The Morgan fingerprint density at radius 1 is 0.333 bits per heavy atom. The van der Waals surface area contributed by atoms with E-state index in [9.17, 15) is 120 Å². The van der Waals surface area contributed by atoms with Crippen LogP contribution in [-0.4, -0.2) is 160 Å². The van der Waals surface area contributed by atoms with E-state index in [4.69, 9.17) is 0 Å². The van der Waals surface area contributed by atoms with Crippen LogP contribution in [0.2, 0.25) is 0 Å². The Balaban J connectivity index is 6.60. The third-order valence-electron chi connectivity index (χ3n) is 5.79. The molecule has 0 saturated carbocycles. The lowest BCUT2D eigenvalue weighted by molar-refractivity contribution is 0.160. The van der Waals surface area contributed by atoms with Crippen LogP contribution in [0.5, 0.6) is 0 Å². The fourth-order valence-electron chi connectivity index (χ4n) is 4.46. The molecule has 0 heterocycles. The second kappa shape index (κ2) is 17.5. The summed E-state index contributed by atoms with van der Waals surface area (Å²) < 4.78 is 95.7. The smallest absolute Gasteiger partial charge is 0.355 e. The van der Waals surface area contributed by atoms with Crippen molar-refractivity contribution in [2.45, 2.75) is 34.9 Å². The van der Waals surface area contributed by atoms with Gasteiger partial charge in [0.2, 0.25) is 22.1 Å². The van der Waals surface area contributed by atoms with Crippen molar-refractivity contribution in [3.8, 4) is 0 Å². The van der Waals surface area contributed by atoms with Gasteiger partial charge >= 0.3 is 60.8 Å². The molecule has 0 aromatic heterocycles. The lowest BCUT2D eigenvalue weighted by atomic mass is 10.3. The van der Waals surface area contributed by atoms with Gasteiger partial charge in [-0.1, -0.05) is 0 Å². The van der Waals surface area contributed by atoms with Gasteiger partial charge < -0.3 is 88.3 Å². The van der Waals surface area contributed by atoms with Gasteiger partial charge in [0, 0.05) is 19.6 Å². The molecule has 0 aliphatic rings. The van der Waals surface area contributed by atoms with E-state index in [0.29, 0.717) is 0 Å². The lowest BCUT2D eigenvalue weighted by Crippen LogP contribution is -2.45. The molecule has 48 heavy (non-hydrogen) atoms. The Morgan fingerprint density at radius 3 is 0.667 bits per heavy atom. The van der Waals surface area contributed by atoms with E-state index in [1.165, 1.54) is 0 Å². The van der Waals surface area contributed by atoms with Crippen LogP contribution in [0, 0.1) is 0 Å². The van der Waals surface area contributed by atoms with Gasteiger partial charge in [-0.05, 0) is 25.9 Å². The zero-order valence-electron chi connectivity index (χ0n) is 23.8. The summed E-state index contributed by atoms with van der Waals surface area (Å²) in [6.07, 6.45) is -1.53. The monoisotopic (exact) mass is 871 g/mol. The van der Waals surface area contributed by atoms with Gasteiger partial charge in [0.05, 0.1) is 6.61 Å². The first-order valence-corrected chi connectivity index (χ1v) is 25.6. The number of rotatable bonds is 22. The van der Waals surface area contributed by atoms with E-state index >= 15 is 0 Å². The molecule has 0 saturated heterocycles. The summed E-state index contributed by atoms with van der Waals surface area (Å²) in [5.74, 6) is 0. The fraction of sp³-hybridized carbons (Fsp3) is 1.00. The van der Waals surface area contributed by atoms with Crippen molar-refractivity contribution >= 4 is 60.8 Å². The highest BCUT2D eigenvalue weighted by Gasteiger charge is 2.59. The third-order valence-corrected chi connectivity index (χ3v) is 20.2. The summed E-state index contributed by atoms with van der Waals surface area (Å²) in [5.41, 5.74) is -14.0. The number of hydrogen-bond acceptors (Lipinski definition) is 12. The Bertz CT molecular complexity index is 1170. The van der Waals surface area contributed by atoms with Crippen LogP contribution in [-0.2, 0) is 36.5 Å². The number of hydrogen-bond donors (Lipinski definition) is 17. The molecule has 0 unspecified atom stereocenters. The standard InChI is InChI=1S/C12H37N3O25P8/c16-8-7-13(3-1-5-14(9(41(17,18)19)42(20,21)22)10(43(23,24)25)44(26,27)28)4-2-6-15(11(45(29,30)31)46(32,33)34)12(47(35,36)37)48(38,39)40/h9-12,16H,1-8H2,(H2,17,18,19)(H2,20,21,22)(H2,23,24,25)(H2,26,27,28)(H2,29,30,31)(H2,32,33,34)(H2,35,36,37)(H2,38,39,40). The third kappa shape index (κ3) is 15.6. The maximum atomic E-state index is 12.0. The van der Waals surface area contributed by atoms with Gasteiger partial charge in [0.1, 0.15) is 0 Å². The normalized spacial score (nSPS) is 15.3. The molecule has 17 N–H and O–H groups in total. The maximum absolute atomic E-state index is 12.0. The Hall–Kier alpha value is 1.04. The Morgan fingerprint density at radius 2 is 0.521 bits per heavy atom. The number of nitrogens with zero attached hydrogens (tertiary/aromatic N) is 3. The molecule has 0 amide bonds. The van der Waals surface area contributed by atoms with E-state index < -0.39 is 145 Å². The quantitative estimate of drug-likeness (QED) is 0.0464. The van der Waals surface area contributed by atoms with Crippen molar-refractivity contribution in [2.75, 3.05) is 39.3 Å². The first-order chi connectivity index (χ1) is 20.9. The van der Waals surface area contributed by atoms with Crippen molar-refractivity contribution in [3.63, 3.8) is 0 Å². The van der Waals surface area contributed by atoms with Gasteiger partial charge in [-0.2, -0.15) is 0 Å². The lowest BCUT2D eigenvalue weighted by Gasteiger charge is -2.38. The van der Waals surface area contributed by atoms with Crippen LogP contribution in [0.25, 0.3) is 0 Å². The van der Waals surface area contributed by atoms with E-state index in [-0.39, 0.29) is 0 Å². The fourth-order valence-corrected chi connectivity index (χ4v) is 16.7. The topological polar surface area (TPSA) is 490 Å². The molecule has 28 nitrogen and oxygen atoms in total. The zero-order chi connectivity index (χ0) is 38.7. The van der Waals surface area contributed by atoms with Gasteiger partial charge in [-0.25, -0.2) is 0 Å². The van der Waals surface area contributed by atoms with Crippen molar-refractivity contribution < 1.29 is 120 Å². The van der Waals surface area contributed by atoms with E-state index in [2.05, 4.69) is 0 Å². The molecule has 0 spiro atoms. The largest absolute Gasteiger partial charge is 0.395 e. The summed E-state index contributed by atoms with van der Waals surface area (Å²) >= 11 is 0. The van der Waals surface area contributed by atoms with Crippen LogP contribution in [0.3, 0.4) is 0 Å². The summed E-state index contributed by atoms with van der Waals surface area (Å²) in [5, 5.41) is 9.37. The molecule has 0 fully saturated rings. The summed E-state index contributed by atoms with van der Waals surface area (Å²) in [7, 11) is -49.3. The number of aliphatic hydroxyl groups is 1. The van der Waals surface area contributed by atoms with E-state index in [1.54, 1.807) is 0 Å². The molecule has 290 valence electrons. The molecule has 0 atom stereocenters. The highest BCUT2D eigenvalue weighted by atomic mass is 31.3. The van der Waals surface area contributed by atoms with Gasteiger partial charge in [-0.15, -0.1) is 0 Å². The van der Waals surface area contributed by atoms with E-state index in [1.807, 2.05) is 0 Å². The van der Waals surface area contributed by atoms with Crippen LogP contribution < -0.4 is 0 Å². The molecule has 0 aromatic rings. The van der Waals surface area contributed by atoms with Gasteiger partial charge in [0.15, 0.2) is 0 Å². The SMILES string of the molecule is O=P(O)(O)C(N(CCCN(CCO)CCCN(C(P(=O)(O)O)P(=O)(O)O)C(P(=O)(O)O)P(=O)(O)O)C(P(=O)(O)O)P(=O)(O)O)P(=O)(O)O. The summed E-state index contributed by atoms with van der Waals surface area (Å²) in [6, 6.07) is 0. The molecule has 0 bridgehead atoms. The van der Waals surface area contributed by atoms with Crippen molar-refractivity contribution in [1.29, 1.82) is 0 Å². The first-order valence-electron chi connectivity index (χ1n) is 12.2. The van der Waals surface area contributed by atoms with Crippen LogP contribution in [0.4, 0.5) is 0 Å². The van der Waals surface area contributed by atoms with Crippen molar-refractivity contribution in [3.05, 3.63) is 0 Å². The van der Waals surface area contributed by atoms with Crippen molar-refractivity contribution in [2.24, 2.45) is 0 Å². The second-order valence-corrected chi connectivity index (χ2v) is 24.8.